The van der Waals surface area contributed by atoms with Gasteiger partial charge < -0.3 is 4.55 Å². The molecule has 0 bridgehead atoms. The third-order valence-electron chi connectivity index (χ3n) is 2.95. The summed E-state index contributed by atoms with van der Waals surface area (Å²) >= 11 is 0.323. The highest BCUT2D eigenvalue weighted by atomic mass is 32.2. The summed E-state index contributed by atoms with van der Waals surface area (Å²) in [5.74, 6) is 0. The third-order valence-corrected chi connectivity index (χ3v) is 5.51. The fraction of sp³-hybridized carbons (Fsp3) is 0.312. The Morgan fingerprint density at radius 3 is 2.48 bits per heavy atom. The molecular weight excluding hydrogens is 300 g/mol. The molecule has 0 fully saturated rings. The predicted molar refractivity (Wildman–Crippen MR) is 88.4 cm³/mol. The van der Waals surface area contributed by atoms with E-state index in [1.165, 1.54) is 11.3 Å². The third kappa shape index (κ3) is 4.08. The maximum absolute atomic E-state index is 12.4. The zero-order valence-corrected chi connectivity index (χ0v) is 13.9. The lowest BCUT2D eigenvalue weighted by atomic mass is 10.1. The van der Waals surface area contributed by atoms with Crippen LogP contribution >= 0.6 is 11.3 Å². The molecule has 0 aliphatic heterocycles. The highest BCUT2D eigenvalue weighted by Gasteiger charge is 2.31. The first-order valence-electron chi connectivity index (χ1n) is 6.63. The molecule has 1 N–H and O–H groups in total. The van der Waals surface area contributed by atoms with Crippen molar-refractivity contribution in [2.45, 2.75) is 31.6 Å². The van der Waals surface area contributed by atoms with Crippen molar-refractivity contribution < 1.29 is 4.55 Å². The number of hydrogen-bond acceptors (Lipinski definition) is 4. The second-order valence-corrected chi connectivity index (χ2v) is 8.63. The maximum atomic E-state index is 12.4. The average molecular weight is 318 g/mol. The van der Waals surface area contributed by atoms with Crippen molar-refractivity contribution in [2.24, 2.45) is 0 Å². The first-order valence-corrected chi connectivity index (χ1v) is 8.66. The molecule has 0 saturated heterocycles. The quantitative estimate of drug-likeness (QED) is 0.873. The number of nitrogens with zero attached hydrogens (tertiary/aromatic N) is 1. The molecule has 3 nitrogen and oxygen atoms in total. The summed E-state index contributed by atoms with van der Waals surface area (Å²) in [5, 5.41) is 10.8. The minimum Gasteiger partial charge on any atom is -0.598 e. The summed E-state index contributed by atoms with van der Waals surface area (Å²) in [6, 6.07) is 13.7. The van der Waals surface area contributed by atoms with Crippen molar-refractivity contribution in [2.75, 3.05) is 0 Å². The first kappa shape index (κ1) is 16.1. The Morgan fingerprint density at radius 2 is 1.95 bits per heavy atom. The van der Waals surface area contributed by atoms with E-state index in [-0.39, 0.29) is 10.8 Å². The topological polar surface area (TPSA) is 58.9 Å². The van der Waals surface area contributed by atoms with E-state index in [0.29, 0.717) is 5.56 Å². The van der Waals surface area contributed by atoms with E-state index in [4.69, 9.17) is 5.26 Å². The lowest BCUT2D eigenvalue weighted by Crippen LogP contribution is -2.41. The zero-order chi connectivity index (χ0) is 15.5. The second-order valence-electron chi connectivity index (χ2n) is 5.69. The van der Waals surface area contributed by atoms with Crippen LogP contribution in [-0.4, -0.2) is 9.30 Å². The molecule has 2 rings (SSSR count). The molecule has 0 radical (unpaired) electrons. The standard InChI is InChI=1S/C16H18N2OS2/c1-16(2,3)21(19)18-15(13-7-5-4-6-8-13)14-9-12(10-17)11-20-14/h4-9,11,15,18H,1-3H3/t15-,21?/m1/s1. The van der Waals surface area contributed by atoms with Crippen molar-refractivity contribution >= 4 is 22.7 Å². The molecule has 21 heavy (non-hydrogen) atoms. The van der Waals surface area contributed by atoms with E-state index >= 15 is 0 Å². The number of nitrogens with one attached hydrogen (secondary N) is 1. The van der Waals surface area contributed by atoms with E-state index in [0.717, 1.165) is 10.4 Å². The van der Waals surface area contributed by atoms with Crippen LogP contribution in [0.5, 0.6) is 0 Å². The summed E-state index contributed by atoms with van der Waals surface area (Å²) in [4.78, 5) is 0.996. The summed E-state index contributed by atoms with van der Waals surface area (Å²) in [6.07, 6.45) is 0. The fourth-order valence-electron chi connectivity index (χ4n) is 1.78. The molecule has 0 aliphatic carbocycles. The molecule has 2 aromatic rings. The van der Waals surface area contributed by atoms with E-state index < -0.39 is 11.4 Å². The van der Waals surface area contributed by atoms with Crippen LogP contribution in [-0.2, 0) is 11.4 Å². The first-order chi connectivity index (χ1) is 9.91. The predicted octanol–water partition coefficient (Wildman–Crippen LogP) is 3.76. The van der Waals surface area contributed by atoms with Crippen LogP contribution in [0.15, 0.2) is 41.8 Å². The van der Waals surface area contributed by atoms with E-state index in [1.54, 1.807) is 0 Å². The van der Waals surface area contributed by atoms with Crippen LogP contribution in [0.3, 0.4) is 0 Å². The Labute approximate surface area is 132 Å². The molecule has 0 spiro atoms. The van der Waals surface area contributed by atoms with Gasteiger partial charge in [0.15, 0.2) is 0 Å². The van der Waals surface area contributed by atoms with Gasteiger partial charge in [0.1, 0.15) is 16.9 Å². The molecule has 1 aromatic heterocycles. The Bertz CT molecular complexity index is 626. The van der Waals surface area contributed by atoms with Crippen molar-refractivity contribution in [1.82, 2.24) is 4.72 Å². The van der Waals surface area contributed by atoms with Gasteiger partial charge in [-0.1, -0.05) is 30.3 Å². The van der Waals surface area contributed by atoms with E-state index in [9.17, 15) is 4.55 Å². The smallest absolute Gasteiger partial charge is 0.136 e. The maximum Gasteiger partial charge on any atom is 0.136 e. The number of nitriles is 1. The van der Waals surface area contributed by atoms with Crippen molar-refractivity contribution in [3.63, 3.8) is 0 Å². The van der Waals surface area contributed by atoms with Crippen LogP contribution in [0.1, 0.15) is 42.8 Å². The lowest BCUT2D eigenvalue weighted by molar-refractivity contribution is 0.536. The fourth-order valence-corrected chi connectivity index (χ4v) is 3.60. The van der Waals surface area contributed by atoms with Gasteiger partial charge in [0.25, 0.3) is 0 Å². The molecule has 1 unspecified atom stereocenters. The van der Waals surface area contributed by atoms with Gasteiger partial charge in [-0.3, -0.25) is 0 Å². The highest BCUT2D eigenvalue weighted by Crippen LogP contribution is 2.30. The molecule has 5 heteroatoms. The summed E-state index contributed by atoms with van der Waals surface area (Å²) < 4.78 is 15.3. The number of hydrogen-bond donors (Lipinski definition) is 1. The van der Waals surface area contributed by atoms with Gasteiger partial charge in [0, 0.05) is 21.6 Å². The highest BCUT2D eigenvalue weighted by molar-refractivity contribution is 7.90. The summed E-state index contributed by atoms with van der Waals surface area (Å²) in [7, 11) is 0. The summed E-state index contributed by atoms with van der Waals surface area (Å²) in [5.41, 5.74) is 1.68. The van der Waals surface area contributed by atoms with Gasteiger partial charge in [0.2, 0.25) is 0 Å². The van der Waals surface area contributed by atoms with Crippen LogP contribution in [0.2, 0.25) is 0 Å². The molecule has 0 aliphatic rings. The van der Waals surface area contributed by atoms with Crippen LogP contribution in [0.25, 0.3) is 0 Å². The minimum absolute atomic E-state index is 0.168. The Balaban J connectivity index is 2.34. The van der Waals surface area contributed by atoms with Crippen molar-refractivity contribution in [1.29, 1.82) is 5.26 Å². The van der Waals surface area contributed by atoms with Crippen LogP contribution in [0.4, 0.5) is 0 Å². The Kier molecular flexibility index (Phi) is 5.07. The number of rotatable bonds is 4. The Hall–Kier alpha value is -1.32. The van der Waals surface area contributed by atoms with Crippen LogP contribution in [0, 0.1) is 11.3 Å². The minimum atomic E-state index is -1.19. The number of benzene rings is 1. The molecule has 110 valence electrons. The second kappa shape index (κ2) is 6.63. The van der Waals surface area contributed by atoms with Gasteiger partial charge in [-0.15, -0.1) is 16.1 Å². The van der Waals surface area contributed by atoms with Gasteiger partial charge in [-0.2, -0.15) is 5.26 Å². The molecule has 1 heterocycles. The monoisotopic (exact) mass is 318 g/mol. The molecule has 0 saturated carbocycles. The molecule has 2 atom stereocenters. The molecule has 1 aromatic carbocycles. The zero-order valence-electron chi connectivity index (χ0n) is 12.3. The summed E-state index contributed by atoms with van der Waals surface area (Å²) in [6.45, 7) is 5.81. The molecule has 0 amide bonds. The van der Waals surface area contributed by atoms with E-state index in [1.807, 2.05) is 62.5 Å². The normalized spacial score (nSPS) is 14.4. The van der Waals surface area contributed by atoms with Crippen LogP contribution < -0.4 is 4.72 Å². The van der Waals surface area contributed by atoms with Crippen molar-refractivity contribution in [3.8, 4) is 6.07 Å². The Morgan fingerprint density at radius 1 is 1.29 bits per heavy atom. The van der Waals surface area contributed by atoms with Gasteiger partial charge in [0.05, 0.1) is 5.56 Å². The SMILES string of the molecule is CC(C)(C)[S+]([O-])N[C@H](c1ccccc1)c1cc(C#N)cs1. The van der Waals surface area contributed by atoms with Gasteiger partial charge in [-0.05, 0) is 32.4 Å². The lowest BCUT2D eigenvalue weighted by Gasteiger charge is -2.27. The average Bonchev–Trinajstić information content (AvgIpc) is 2.93. The van der Waals surface area contributed by atoms with Crippen molar-refractivity contribution in [3.05, 3.63) is 57.8 Å². The number of thiophene rings is 1. The van der Waals surface area contributed by atoms with Gasteiger partial charge in [-0.25, -0.2) is 0 Å². The largest absolute Gasteiger partial charge is 0.598 e. The molecular formula is C16H18N2OS2. The van der Waals surface area contributed by atoms with E-state index in [2.05, 4.69) is 10.8 Å². The van der Waals surface area contributed by atoms with Gasteiger partial charge >= 0.3 is 0 Å².